The van der Waals surface area contributed by atoms with Gasteiger partial charge in [-0.3, -0.25) is 9.59 Å². The van der Waals surface area contributed by atoms with Crippen LogP contribution in [0.15, 0.2) is 0 Å². The van der Waals surface area contributed by atoms with Crippen molar-refractivity contribution in [2.45, 2.75) is 18.4 Å². The number of hydrogen-bond acceptors (Lipinski definition) is 4. The molecule has 0 fully saturated rings. The van der Waals surface area contributed by atoms with Gasteiger partial charge in [0.1, 0.15) is 0 Å². The van der Waals surface area contributed by atoms with Crippen molar-refractivity contribution in [3.63, 3.8) is 0 Å². The van der Waals surface area contributed by atoms with Gasteiger partial charge < -0.3 is 20.4 Å². The minimum Gasteiger partial charge on any atom is -0.481 e. The van der Waals surface area contributed by atoms with Crippen LogP contribution in [0.25, 0.3) is 0 Å². The first kappa shape index (κ1) is 15.5. The molecule has 8 heteroatoms. The SMILES string of the molecule is O=C(O)CC(O)(CC(=O)O)C(=O)O.[Re]. The van der Waals surface area contributed by atoms with Crippen LogP contribution in [0.5, 0.6) is 0 Å². The van der Waals surface area contributed by atoms with Gasteiger partial charge in [0.15, 0.2) is 5.60 Å². The van der Waals surface area contributed by atoms with Crippen LogP contribution in [-0.2, 0) is 34.8 Å². The van der Waals surface area contributed by atoms with E-state index in [1.54, 1.807) is 0 Å². The van der Waals surface area contributed by atoms with Crippen LogP contribution < -0.4 is 0 Å². The first-order valence-electron chi connectivity index (χ1n) is 3.17. The van der Waals surface area contributed by atoms with Crippen molar-refractivity contribution in [3.8, 4) is 0 Å². The van der Waals surface area contributed by atoms with Crippen LogP contribution in [-0.4, -0.2) is 43.9 Å². The van der Waals surface area contributed by atoms with Crippen LogP contribution >= 0.6 is 0 Å². The van der Waals surface area contributed by atoms with E-state index >= 15 is 0 Å². The molecule has 7 nitrogen and oxygen atoms in total. The molecule has 1 radical (unpaired) electrons. The topological polar surface area (TPSA) is 132 Å². The van der Waals surface area contributed by atoms with Crippen molar-refractivity contribution >= 4 is 17.9 Å². The van der Waals surface area contributed by atoms with Crippen LogP contribution in [0.3, 0.4) is 0 Å². The summed E-state index contributed by atoms with van der Waals surface area (Å²) in [5.41, 5.74) is -2.74. The molecule has 0 amide bonds. The molecular formula is C6H8O7Re. The van der Waals surface area contributed by atoms with Crippen molar-refractivity contribution in [1.82, 2.24) is 0 Å². The minimum atomic E-state index is -2.74. The molecule has 14 heavy (non-hydrogen) atoms. The van der Waals surface area contributed by atoms with Crippen LogP contribution in [0, 0.1) is 0 Å². The molecule has 0 aromatic rings. The van der Waals surface area contributed by atoms with Gasteiger partial charge in [-0.2, -0.15) is 0 Å². The van der Waals surface area contributed by atoms with Gasteiger partial charge in [0.25, 0.3) is 0 Å². The third-order valence-corrected chi connectivity index (χ3v) is 1.29. The summed E-state index contributed by atoms with van der Waals surface area (Å²) >= 11 is 0. The number of carbonyl (C=O) groups is 3. The summed E-state index contributed by atoms with van der Waals surface area (Å²) in [5.74, 6) is -5.02. The van der Waals surface area contributed by atoms with E-state index in [1.165, 1.54) is 0 Å². The summed E-state index contributed by atoms with van der Waals surface area (Å²) in [4.78, 5) is 30.5. The van der Waals surface area contributed by atoms with Gasteiger partial charge in [-0.15, -0.1) is 0 Å². The van der Waals surface area contributed by atoms with Crippen molar-refractivity contribution in [2.75, 3.05) is 0 Å². The molecule has 0 rings (SSSR count). The molecule has 0 saturated carbocycles. The Morgan fingerprint density at radius 2 is 1.21 bits per heavy atom. The fourth-order valence-electron chi connectivity index (χ4n) is 0.714. The Hall–Kier alpha value is -0.968. The second-order valence-corrected chi connectivity index (χ2v) is 2.48. The molecule has 0 atom stereocenters. The van der Waals surface area contributed by atoms with E-state index in [1.807, 2.05) is 0 Å². The van der Waals surface area contributed by atoms with E-state index in [9.17, 15) is 14.4 Å². The van der Waals surface area contributed by atoms with Crippen LogP contribution in [0.4, 0.5) is 0 Å². The molecule has 0 aromatic carbocycles. The van der Waals surface area contributed by atoms with E-state index in [4.69, 9.17) is 20.4 Å². The molecular weight excluding hydrogens is 370 g/mol. The molecule has 0 heterocycles. The van der Waals surface area contributed by atoms with Gasteiger partial charge in [0, 0.05) is 20.4 Å². The number of hydrogen-bond donors (Lipinski definition) is 4. The molecule has 0 aliphatic carbocycles. The maximum atomic E-state index is 10.3. The summed E-state index contributed by atoms with van der Waals surface area (Å²) in [5, 5.41) is 33.8. The van der Waals surface area contributed by atoms with Crippen molar-refractivity contribution in [3.05, 3.63) is 0 Å². The van der Waals surface area contributed by atoms with E-state index in [-0.39, 0.29) is 20.4 Å². The second kappa shape index (κ2) is 5.70. The standard InChI is InChI=1S/C6H8O7.Re/c7-3(8)1-6(13,5(11)12)2-4(9)10;/h13H,1-2H2,(H,7,8)(H,9,10)(H,11,12);. The van der Waals surface area contributed by atoms with E-state index in [0.29, 0.717) is 0 Å². The molecule has 4 N–H and O–H groups in total. The second-order valence-electron chi connectivity index (χ2n) is 2.48. The molecule has 81 valence electrons. The monoisotopic (exact) mass is 379 g/mol. The zero-order chi connectivity index (χ0) is 10.6. The normalized spacial score (nSPS) is 10.1. The Bertz CT molecular complexity index is 233. The predicted molar refractivity (Wildman–Crippen MR) is 37.1 cm³/mol. The summed E-state index contributed by atoms with van der Waals surface area (Å²) in [6.07, 6.45) is -2.29. The number of carboxylic acid groups (broad SMARTS) is 3. The van der Waals surface area contributed by atoms with Crippen molar-refractivity contribution < 1.29 is 55.2 Å². The zero-order valence-electron chi connectivity index (χ0n) is 6.81. The third-order valence-electron chi connectivity index (χ3n) is 1.29. The fourth-order valence-corrected chi connectivity index (χ4v) is 0.714. The Morgan fingerprint density at radius 3 is 1.36 bits per heavy atom. The fraction of sp³-hybridized carbons (Fsp3) is 0.500. The molecule has 0 spiro atoms. The molecule has 0 saturated heterocycles. The van der Waals surface area contributed by atoms with Crippen molar-refractivity contribution in [1.29, 1.82) is 0 Å². The predicted octanol–water partition coefficient (Wildman–Crippen LogP) is -1.25. The maximum Gasteiger partial charge on any atom is 0.336 e. The smallest absolute Gasteiger partial charge is 0.336 e. The summed E-state index contributed by atoms with van der Waals surface area (Å²) in [7, 11) is 0. The number of aliphatic hydroxyl groups is 1. The Labute approximate surface area is 92.0 Å². The molecule has 0 unspecified atom stereocenters. The minimum absolute atomic E-state index is 0. The molecule has 0 bridgehead atoms. The number of carboxylic acids is 3. The molecule has 0 aliphatic rings. The average Bonchev–Trinajstić information content (AvgIpc) is 1.82. The van der Waals surface area contributed by atoms with Crippen molar-refractivity contribution in [2.24, 2.45) is 0 Å². The number of rotatable bonds is 5. The van der Waals surface area contributed by atoms with E-state index < -0.39 is 36.4 Å². The van der Waals surface area contributed by atoms with Gasteiger partial charge in [-0.05, 0) is 0 Å². The van der Waals surface area contributed by atoms with Gasteiger partial charge in [0.2, 0.25) is 0 Å². The van der Waals surface area contributed by atoms with Gasteiger partial charge in [0.05, 0.1) is 12.8 Å². The van der Waals surface area contributed by atoms with Gasteiger partial charge in [-0.25, -0.2) is 4.79 Å². The van der Waals surface area contributed by atoms with Gasteiger partial charge >= 0.3 is 17.9 Å². The molecule has 0 aliphatic heterocycles. The Balaban J connectivity index is 0. The molecule has 0 aromatic heterocycles. The van der Waals surface area contributed by atoms with E-state index in [0.717, 1.165) is 0 Å². The number of aliphatic carboxylic acids is 3. The van der Waals surface area contributed by atoms with Crippen LogP contribution in [0.1, 0.15) is 12.8 Å². The Kier molecular flexibility index (Phi) is 6.31. The first-order chi connectivity index (χ1) is 5.78. The summed E-state index contributed by atoms with van der Waals surface area (Å²) in [6, 6.07) is 0. The third kappa shape index (κ3) is 4.91. The zero-order valence-corrected chi connectivity index (χ0v) is 9.52. The largest absolute Gasteiger partial charge is 0.481 e. The maximum absolute atomic E-state index is 10.3. The van der Waals surface area contributed by atoms with E-state index in [2.05, 4.69) is 0 Å². The van der Waals surface area contributed by atoms with Gasteiger partial charge in [-0.1, -0.05) is 0 Å². The summed E-state index contributed by atoms with van der Waals surface area (Å²) in [6.45, 7) is 0. The van der Waals surface area contributed by atoms with Crippen LogP contribution in [0.2, 0.25) is 0 Å². The summed E-state index contributed by atoms with van der Waals surface area (Å²) < 4.78 is 0. The first-order valence-corrected chi connectivity index (χ1v) is 3.17. The average molecular weight is 378 g/mol. The Morgan fingerprint density at radius 1 is 0.929 bits per heavy atom. The quantitative estimate of drug-likeness (QED) is 0.470.